The van der Waals surface area contributed by atoms with Crippen LogP contribution in [0, 0.1) is 11.3 Å². The maximum atomic E-state index is 9.12. The van der Waals surface area contributed by atoms with Crippen molar-refractivity contribution < 1.29 is 4.74 Å². The van der Waals surface area contributed by atoms with E-state index in [0.717, 1.165) is 16.9 Å². The summed E-state index contributed by atoms with van der Waals surface area (Å²) in [5.41, 5.74) is 8.25. The molecule has 0 aliphatic carbocycles. The molecule has 3 aromatic rings. The number of nitrogens with two attached hydrogens (primary N) is 1. The van der Waals surface area contributed by atoms with Gasteiger partial charge in [0.2, 0.25) is 0 Å². The first-order chi connectivity index (χ1) is 11.3. The van der Waals surface area contributed by atoms with E-state index in [1.165, 1.54) is 6.20 Å². The minimum absolute atomic E-state index is 0.247. The van der Waals surface area contributed by atoms with Gasteiger partial charge in [0, 0.05) is 5.56 Å². The van der Waals surface area contributed by atoms with E-state index in [2.05, 4.69) is 9.97 Å². The van der Waals surface area contributed by atoms with Gasteiger partial charge >= 0.3 is 0 Å². The van der Waals surface area contributed by atoms with Gasteiger partial charge in [-0.15, -0.1) is 0 Å². The van der Waals surface area contributed by atoms with Crippen molar-refractivity contribution in [3.63, 3.8) is 0 Å². The van der Waals surface area contributed by atoms with E-state index in [0.29, 0.717) is 12.3 Å². The van der Waals surface area contributed by atoms with Crippen LogP contribution >= 0.6 is 0 Å². The van der Waals surface area contributed by atoms with Crippen molar-refractivity contribution in [1.82, 2.24) is 9.97 Å². The quantitative estimate of drug-likeness (QED) is 0.800. The average Bonchev–Trinajstić information content (AvgIpc) is 2.61. The summed E-state index contributed by atoms with van der Waals surface area (Å²) in [4.78, 5) is 8.18. The minimum atomic E-state index is 0.247. The maximum absolute atomic E-state index is 9.12. The number of nitrogen functional groups attached to an aromatic ring is 1. The summed E-state index contributed by atoms with van der Waals surface area (Å²) in [6, 6.07) is 19.3. The molecule has 2 aromatic carbocycles. The largest absolute Gasteiger partial charge is 0.489 e. The van der Waals surface area contributed by atoms with Gasteiger partial charge in [-0.25, -0.2) is 9.97 Å². The maximum Gasteiger partial charge on any atom is 0.166 e. The second-order valence-electron chi connectivity index (χ2n) is 4.90. The summed E-state index contributed by atoms with van der Waals surface area (Å²) in [7, 11) is 0. The fraction of sp³-hybridized carbons (Fsp3) is 0.0556. The first kappa shape index (κ1) is 14.5. The van der Waals surface area contributed by atoms with E-state index < -0.39 is 0 Å². The van der Waals surface area contributed by atoms with Crippen LogP contribution in [0.2, 0.25) is 0 Å². The van der Waals surface area contributed by atoms with Gasteiger partial charge in [-0.1, -0.05) is 30.3 Å². The molecular formula is C18H14N4O. The van der Waals surface area contributed by atoms with Crippen LogP contribution in [0.1, 0.15) is 11.3 Å². The van der Waals surface area contributed by atoms with Crippen LogP contribution in [0.25, 0.3) is 11.3 Å². The Labute approximate surface area is 134 Å². The van der Waals surface area contributed by atoms with Crippen molar-refractivity contribution in [2.75, 3.05) is 5.73 Å². The highest BCUT2D eigenvalue weighted by molar-refractivity contribution is 5.66. The molecule has 0 bridgehead atoms. The Morgan fingerprint density at radius 1 is 1.04 bits per heavy atom. The fourth-order valence-electron chi connectivity index (χ4n) is 2.14. The van der Waals surface area contributed by atoms with E-state index in [1.807, 2.05) is 60.7 Å². The van der Waals surface area contributed by atoms with Crippen molar-refractivity contribution >= 4 is 5.82 Å². The number of benzene rings is 2. The number of anilines is 1. The molecular weight excluding hydrogens is 288 g/mol. The van der Waals surface area contributed by atoms with Gasteiger partial charge in [-0.3, -0.25) is 0 Å². The summed E-state index contributed by atoms with van der Waals surface area (Å²) in [5.74, 6) is 1.02. The van der Waals surface area contributed by atoms with Crippen molar-refractivity contribution in [1.29, 1.82) is 5.26 Å². The molecule has 2 N–H and O–H groups in total. The predicted octanol–water partition coefficient (Wildman–Crippen LogP) is 3.18. The lowest BCUT2D eigenvalue weighted by Crippen LogP contribution is -1.99. The molecule has 1 heterocycles. The standard InChI is InChI=1S/C18H14N4O/c19-10-16-18(22-17(20)11-21-16)14-6-8-15(9-7-14)23-12-13-4-2-1-3-5-13/h1-9,11H,12H2,(H2,20,22). The van der Waals surface area contributed by atoms with E-state index in [9.17, 15) is 0 Å². The number of nitrogens with zero attached hydrogens (tertiary/aromatic N) is 3. The molecule has 0 spiro atoms. The van der Waals surface area contributed by atoms with Crippen LogP contribution in [-0.4, -0.2) is 9.97 Å². The van der Waals surface area contributed by atoms with Crippen LogP contribution in [0.5, 0.6) is 5.75 Å². The van der Waals surface area contributed by atoms with Gasteiger partial charge in [0.15, 0.2) is 5.69 Å². The van der Waals surface area contributed by atoms with Crippen LogP contribution in [0.15, 0.2) is 60.8 Å². The van der Waals surface area contributed by atoms with Gasteiger partial charge in [0.1, 0.15) is 29.9 Å². The molecule has 0 saturated carbocycles. The number of rotatable bonds is 4. The normalized spacial score (nSPS) is 10.0. The third-order valence-electron chi connectivity index (χ3n) is 3.27. The molecule has 23 heavy (non-hydrogen) atoms. The molecule has 0 aliphatic rings. The first-order valence-corrected chi connectivity index (χ1v) is 7.06. The second-order valence-corrected chi connectivity index (χ2v) is 4.90. The highest BCUT2D eigenvalue weighted by Crippen LogP contribution is 2.24. The second kappa shape index (κ2) is 6.58. The molecule has 0 radical (unpaired) electrons. The Bertz CT molecular complexity index is 839. The first-order valence-electron chi connectivity index (χ1n) is 7.06. The average molecular weight is 302 g/mol. The van der Waals surface area contributed by atoms with Crippen molar-refractivity contribution in [3.8, 4) is 23.1 Å². The molecule has 112 valence electrons. The zero-order valence-corrected chi connectivity index (χ0v) is 12.3. The lowest BCUT2D eigenvalue weighted by molar-refractivity contribution is 0.306. The zero-order valence-electron chi connectivity index (χ0n) is 12.3. The third-order valence-corrected chi connectivity index (χ3v) is 3.27. The molecule has 5 heteroatoms. The summed E-state index contributed by atoms with van der Waals surface area (Å²) < 4.78 is 5.74. The van der Waals surface area contributed by atoms with E-state index in [-0.39, 0.29) is 11.5 Å². The number of ether oxygens (including phenoxy) is 1. The lowest BCUT2D eigenvalue weighted by atomic mass is 10.1. The van der Waals surface area contributed by atoms with Crippen LogP contribution in [-0.2, 0) is 6.61 Å². The molecule has 1 aromatic heterocycles. The molecule has 0 saturated heterocycles. The van der Waals surface area contributed by atoms with Crippen LogP contribution in [0.3, 0.4) is 0 Å². The highest BCUT2D eigenvalue weighted by atomic mass is 16.5. The van der Waals surface area contributed by atoms with Crippen molar-refractivity contribution in [2.24, 2.45) is 0 Å². The van der Waals surface area contributed by atoms with Crippen molar-refractivity contribution in [3.05, 3.63) is 72.1 Å². The van der Waals surface area contributed by atoms with Gasteiger partial charge in [-0.05, 0) is 29.8 Å². The monoisotopic (exact) mass is 302 g/mol. The Morgan fingerprint density at radius 3 is 2.48 bits per heavy atom. The summed E-state index contributed by atoms with van der Waals surface area (Å²) in [5, 5.41) is 9.12. The third kappa shape index (κ3) is 3.44. The molecule has 5 nitrogen and oxygen atoms in total. The summed E-state index contributed by atoms with van der Waals surface area (Å²) in [6.45, 7) is 0.502. The van der Waals surface area contributed by atoms with Gasteiger partial charge < -0.3 is 10.5 Å². The molecule has 0 atom stereocenters. The van der Waals surface area contributed by atoms with E-state index in [1.54, 1.807) is 0 Å². The summed E-state index contributed by atoms with van der Waals surface area (Å²) >= 11 is 0. The van der Waals surface area contributed by atoms with Crippen molar-refractivity contribution in [2.45, 2.75) is 6.61 Å². The Hall–Kier alpha value is -3.39. The number of nitriles is 1. The molecule has 0 fully saturated rings. The Morgan fingerprint density at radius 2 is 1.78 bits per heavy atom. The molecule has 0 aliphatic heterocycles. The minimum Gasteiger partial charge on any atom is -0.489 e. The van der Waals surface area contributed by atoms with Crippen LogP contribution < -0.4 is 10.5 Å². The molecule has 0 unspecified atom stereocenters. The van der Waals surface area contributed by atoms with Crippen LogP contribution in [0.4, 0.5) is 5.82 Å². The summed E-state index contributed by atoms with van der Waals surface area (Å²) in [6.07, 6.45) is 1.37. The van der Waals surface area contributed by atoms with Gasteiger partial charge in [-0.2, -0.15) is 5.26 Å². The van der Waals surface area contributed by atoms with E-state index in [4.69, 9.17) is 15.7 Å². The van der Waals surface area contributed by atoms with Gasteiger partial charge in [0.05, 0.1) is 6.20 Å². The highest BCUT2D eigenvalue weighted by Gasteiger charge is 2.09. The SMILES string of the molecule is N#Cc1ncc(N)nc1-c1ccc(OCc2ccccc2)cc1. The lowest BCUT2D eigenvalue weighted by Gasteiger charge is -2.08. The Kier molecular flexibility index (Phi) is 4.16. The predicted molar refractivity (Wildman–Crippen MR) is 87.4 cm³/mol. The van der Waals surface area contributed by atoms with E-state index >= 15 is 0 Å². The topological polar surface area (TPSA) is 84.8 Å². The number of hydrogen-bond acceptors (Lipinski definition) is 5. The smallest absolute Gasteiger partial charge is 0.166 e. The molecule has 3 rings (SSSR count). The fourth-order valence-corrected chi connectivity index (χ4v) is 2.14. The van der Waals surface area contributed by atoms with Gasteiger partial charge in [0.25, 0.3) is 0 Å². The zero-order chi connectivity index (χ0) is 16.1. The Balaban J connectivity index is 1.77. The number of hydrogen-bond donors (Lipinski definition) is 1. The number of aromatic nitrogens is 2. The molecule has 0 amide bonds.